The third kappa shape index (κ3) is 5.08. The monoisotopic (exact) mass is 326 g/mol. The van der Waals surface area contributed by atoms with E-state index >= 15 is 0 Å². The highest BCUT2D eigenvalue weighted by atomic mass is 16.5. The fourth-order valence-corrected chi connectivity index (χ4v) is 2.96. The molecule has 0 saturated heterocycles. The molecule has 0 heterocycles. The molecule has 0 spiro atoms. The second kappa shape index (κ2) is 9.45. The minimum Gasteiger partial charge on any atom is -0.489 e. The summed E-state index contributed by atoms with van der Waals surface area (Å²) >= 11 is 0. The smallest absolute Gasteiger partial charge is 0.124 e. The van der Waals surface area contributed by atoms with E-state index in [1.807, 2.05) is 12.1 Å². The highest BCUT2D eigenvalue weighted by Gasteiger charge is 2.19. The maximum atomic E-state index is 6.13. The van der Waals surface area contributed by atoms with Crippen LogP contribution in [0.5, 0.6) is 5.75 Å². The fraction of sp³-hybridized carbons (Fsp3) is 0.429. The van der Waals surface area contributed by atoms with E-state index in [4.69, 9.17) is 10.5 Å². The molecule has 0 aromatic heterocycles. The summed E-state index contributed by atoms with van der Waals surface area (Å²) in [5.41, 5.74) is 9.69. The van der Waals surface area contributed by atoms with Crippen molar-refractivity contribution < 1.29 is 4.74 Å². The average molecular weight is 326 g/mol. The molecule has 2 aromatic carbocycles. The van der Waals surface area contributed by atoms with Crippen LogP contribution >= 0.6 is 0 Å². The number of benzene rings is 2. The van der Waals surface area contributed by atoms with Crippen LogP contribution in [0.3, 0.4) is 0 Å². The van der Waals surface area contributed by atoms with Gasteiger partial charge in [-0.15, -0.1) is 0 Å². The van der Waals surface area contributed by atoms with Crippen LogP contribution in [0.25, 0.3) is 0 Å². The van der Waals surface area contributed by atoms with Crippen molar-refractivity contribution >= 4 is 0 Å². The standard InChI is InChI=1S/C21H30N2O/c1-4-5-13-23(3)20(15-22)19-11-6-7-12-21(19)24-16-18-10-8-9-17(2)14-18/h6-12,14,20H,4-5,13,15-16,22H2,1-3H3. The van der Waals surface area contributed by atoms with E-state index in [0.717, 1.165) is 12.3 Å². The Balaban J connectivity index is 2.13. The van der Waals surface area contributed by atoms with Crippen LogP contribution in [0.4, 0.5) is 0 Å². The summed E-state index contributed by atoms with van der Waals surface area (Å²) in [4.78, 5) is 2.33. The van der Waals surface area contributed by atoms with E-state index in [2.05, 4.69) is 62.2 Å². The zero-order valence-corrected chi connectivity index (χ0v) is 15.2. The van der Waals surface area contributed by atoms with Crippen molar-refractivity contribution in [3.05, 3.63) is 65.2 Å². The summed E-state index contributed by atoms with van der Waals surface area (Å²) < 4.78 is 6.13. The van der Waals surface area contributed by atoms with Crippen molar-refractivity contribution in [3.63, 3.8) is 0 Å². The van der Waals surface area contributed by atoms with E-state index in [0.29, 0.717) is 13.2 Å². The molecule has 2 N–H and O–H groups in total. The maximum absolute atomic E-state index is 6.13. The molecule has 0 bridgehead atoms. The summed E-state index contributed by atoms with van der Waals surface area (Å²) in [6.45, 7) is 6.53. The first-order valence-electron chi connectivity index (χ1n) is 8.83. The number of nitrogens with zero attached hydrogens (tertiary/aromatic N) is 1. The topological polar surface area (TPSA) is 38.5 Å². The molecule has 24 heavy (non-hydrogen) atoms. The molecule has 3 nitrogen and oxygen atoms in total. The van der Waals surface area contributed by atoms with Crippen LogP contribution in [-0.4, -0.2) is 25.0 Å². The molecule has 0 saturated carbocycles. The van der Waals surface area contributed by atoms with Gasteiger partial charge in [-0.05, 0) is 38.6 Å². The zero-order valence-electron chi connectivity index (χ0n) is 15.2. The van der Waals surface area contributed by atoms with Gasteiger partial charge in [-0.25, -0.2) is 0 Å². The number of rotatable bonds is 9. The molecule has 130 valence electrons. The lowest BCUT2D eigenvalue weighted by Gasteiger charge is -2.28. The van der Waals surface area contributed by atoms with Gasteiger partial charge in [-0.1, -0.05) is 61.4 Å². The predicted octanol–water partition coefficient (Wildman–Crippen LogP) is 4.31. The molecule has 2 aromatic rings. The Bertz CT molecular complexity index is 627. The predicted molar refractivity (Wildman–Crippen MR) is 101 cm³/mol. The quantitative estimate of drug-likeness (QED) is 0.746. The number of ether oxygens (including phenoxy) is 1. The lowest BCUT2D eigenvalue weighted by Crippen LogP contribution is -2.31. The Hall–Kier alpha value is -1.84. The molecular formula is C21H30N2O. The average Bonchev–Trinajstić information content (AvgIpc) is 2.60. The van der Waals surface area contributed by atoms with Gasteiger partial charge in [0.2, 0.25) is 0 Å². The molecule has 0 amide bonds. The Morgan fingerprint density at radius 1 is 1.12 bits per heavy atom. The van der Waals surface area contributed by atoms with E-state index < -0.39 is 0 Å². The molecule has 0 aliphatic rings. The Labute approximate surface area is 146 Å². The molecule has 2 rings (SSSR count). The third-order valence-corrected chi connectivity index (χ3v) is 4.37. The number of hydrogen-bond acceptors (Lipinski definition) is 3. The maximum Gasteiger partial charge on any atom is 0.124 e. The van der Waals surface area contributed by atoms with E-state index in [-0.39, 0.29) is 6.04 Å². The minimum absolute atomic E-state index is 0.185. The van der Waals surface area contributed by atoms with Crippen molar-refractivity contribution in [2.75, 3.05) is 20.1 Å². The number of hydrogen-bond donors (Lipinski definition) is 1. The molecule has 3 heteroatoms. The highest BCUT2D eigenvalue weighted by molar-refractivity contribution is 5.36. The lowest BCUT2D eigenvalue weighted by atomic mass is 10.0. The number of para-hydroxylation sites is 1. The molecule has 1 atom stereocenters. The van der Waals surface area contributed by atoms with Gasteiger partial charge in [-0.2, -0.15) is 0 Å². The zero-order chi connectivity index (χ0) is 17.4. The summed E-state index contributed by atoms with van der Waals surface area (Å²) in [7, 11) is 2.14. The number of aryl methyl sites for hydroxylation is 1. The van der Waals surface area contributed by atoms with Gasteiger partial charge in [0.1, 0.15) is 12.4 Å². The summed E-state index contributed by atoms with van der Waals surface area (Å²) in [5, 5.41) is 0. The minimum atomic E-state index is 0.185. The molecule has 0 fully saturated rings. The first-order valence-corrected chi connectivity index (χ1v) is 8.83. The third-order valence-electron chi connectivity index (χ3n) is 4.37. The molecular weight excluding hydrogens is 296 g/mol. The van der Waals surface area contributed by atoms with Crippen LogP contribution < -0.4 is 10.5 Å². The molecule has 1 unspecified atom stereocenters. The van der Waals surface area contributed by atoms with Crippen LogP contribution in [0.1, 0.15) is 42.5 Å². The van der Waals surface area contributed by atoms with Crippen LogP contribution in [0.15, 0.2) is 48.5 Å². The number of likely N-dealkylation sites (N-methyl/N-ethyl adjacent to an activating group) is 1. The van der Waals surface area contributed by atoms with Crippen molar-refractivity contribution in [1.29, 1.82) is 0 Å². The van der Waals surface area contributed by atoms with Crippen molar-refractivity contribution in [1.82, 2.24) is 4.90 Å². The second-order valence-corrected chi connectivity index (χ2v) is 6.40. The molecule has 0 radical (unpaired) electrons. The van der Waals surface area contributed by atoms with E-state index in [1.54, 1.807) is 0 Å². The van der Waals surface area contributed by atoms with Gasteiger partial charge in [0.25, 0.3) is 0 Å². The fourth-order valence-electron chi connectivity index (χ4n) is 2.96. The summed E-state index contributed by atoms with van der Waals surface area (Å²) in [6, 6.07) is 16.9. The number of nitrogens with two attached hydrogens (primary N) is 1. The van der Waals surface area contributed by atoms with Gasteiger partial charge >= 0.3 is 0 Å². The summed E-state index contributed by atoms with van der Waals surface area (Å²) in [5.74, 6) is 0.929. The van der Waals surface area contributed by atoms with Gasteiger partial charge in [0, 0.05) is 12.1 Å². The normalized spacial score (nSPS) is 12.4. The van der Waals surface area contributed by atoms with Crippen LogP contribution in [0.2, 0.25) is 0 Å². The highest BCUT2D eigenvalue weighted by Crippen LogP contribution is 2.29. The van der Waals surface area contributed by atoms with Gasteiger partial charge in [0.15, 0.2) is 0 Å². The molecule has 0 aliphatic carbocycles. The first kappa shape index (κ1) is 18.5. The van der Waals surface area contributed by atoms with Gasteiger partial charge in [0.05, 0.1) is 6.04 Å². The van der Waals surface area contributed by atoms with E-state index in [1.165, 1.54) is 29.5 Å². The SMILES string of the molecule is CCCCN(C)C(CN)c1ccccc1OCc1cccc(C)c1. The van der Waals surface area contributed by atoms with Crippen molar-refractivity contribution in [2.45, 2.75) is 39.3 Å². The van der Waals surface area contributed by atoms with Crippen molar-refractivity contribution in [2.24, 2.45) is 5.73 Å². The lowest BCUT2D eigenvalue weighted by molar-refractivity contribution is 0.233. The Kier molecular flexibility index (Phi) is 7.29. The van der Waals surface area contributed by atoms with Gasteiger partial charge < -0.3 is 10.5 Å². The molecule has 0 aliphatic heterocycles. The first-order chi connectivity index (χ1) is 11.7. The van der Waals surface area contributed by atoms with E-state index in [9.17, 15) is 0 Å². The Morgan fingerprint density at radius 2 is 1.92 bits per heavy atom. The Morgan fingerprint density at radius 3 is 2.62 bits per heavy atom. The largest absolute Gasteiger partial charge is 0.489 e. The summed E-state index contributed by atoms with van der Waals surface area (Å²) in [6.07, 6.45) is 2.37. The number of unbranched alkanes of at least 4 members (excludes halogenated alkanes) is 1. The van der Waals surface area contributed by atoms with Crippen molar-refractivity contribution in [3.8, 4) is 5.75 Å². The van der Waals surface area contributed by atoms with Crippen LogP contribution in [0, 0.1) is 6.92 Å². The second-order valence-electron chi connectivity index (χ2n) is 6.40. The van der Waals surface area contributed by atoms with Gasteiger partial charge in [-0.3, -0.25) is 4.90 Å². The van der Waals surface area contributed by atoms with Crippen LogP contribution in [-0.2, 0) is 6.61 Å².